The summed E-state index contributed by atoms with van der Waals surface area (Å²) in [5.41, 5.74) is 2.73. The van der Waals surface area contributed by atoms with Gasteiger partial charge in [0.05, 0.1) is 36.5 Å². The van der Waals surface area contributed by atoms with Crippen LogP contribution in [-0.4, -0.2) is 40.1 Å². The van der Waals surface area contributed by atoms with Crippen molar-refractivity contribution in [1.82, 2.24) is 34.2 Å². The molecule has 0 unspecified atom stereocenters. The van der Waals surface area contributed by atoms with Crippen molar-refractivity contribution in [2.24, 2.45) is 0 Å². The number of aryl methyl sites for hydroxylation is 1. The lowest BCUT2D eigenvalue weighted by Crippen LogP contribution is -2.15. The third kappa shape index (κ3) is 5.14. The molecular weight excluding hydrogens is 509 g/mol. The summed E-state index contributed by atoms with van der Waals surface area (Å²) in [5.74, 6) is -0.375. The van der Waals surface area contributed by atoms with E-state index < -0.39 is 17.8 Å². The summed E-state index contributed by atoms with van der Waals surface area (Å²) in [6, 6.07) is 8.11. The second kappa shape index (κ2) is 10.0. The number of halogens is 3. The number of nitrogens with one attached hydrogen (secondary N) is 1. The molecule has 0 aliphatic heterocycles. The summed E-state index contributed by atoms with van der Waals surface area (Å²) in [5, 5.41) is 15.1. The summed E-state index contributed by atoms with van der Waals surface area (Å²) >= 11 is 0. The van der Waals surface area contributed by atoms with Crippen LogP contribution in [0.15, 0.2) is 55.1 Å². The molecule has 9 nitrogen and oxygen atoms in total. The smallest absolute Gasteiger partial charge is 0.319 e. The third-order valence-corrected chi connectivity index (χ3v) is 6.61. The van der Waals surface area contributed by atoms with E-state index in [1.165, 1.54) is 6.20 Å². The van der Waals surface area contributed by atoms with E-state index in [4.69, 9.17) is 0 Å². The standard InChI is InChI=1S/C27H27F3N8O/c1-5-37-17(4)20(11-32-37)14-36-15-21(12-31-36)34-26(39)22-13-33-38-24(27(28,29)30)10-23(35-25(22)38)19-8-6-18(7-9-19)16(2)3/h6-13,15-16H,5,14H2,1-4H3,(H,34,39). The minimum atomic E-state index is -4.71. The second-order valence-electron chi connectivity index (χ2n) is 9.55. The normalized spacial score (nSPS) is 12.0. The van der Waals surface area contributed by atoms with Gasteiger partial charge in [0.1, 0.15) is 5.56 Å². The first-order valence-corrected chi connectivity index (χ1v) is 12.5. The molecule has 4 aromatic heterocycles. The number of rotatable bonds is 7. The van der Waals surface area contributed by atoms with Crippen molar-refractivity contribution in [2.45, 2.75) is 52.9 Å². The number of benzene rings is 1. The van der Waals surface area contributed by atoms with Gasteiger partial charge in [-0.15, -0.1) is 0 Å². The Kier molecular flexibility index (Phi) is 6.71. The zero-order valence-electron chi connectivity index (χ0n) is 21.9. The molecule has 0 saturated carbocycles. The van der Waals surface area contributed by atoms with Crippen molar-refractivity contribution in [3.8, 4) is 11.3 Å². The fourth-order valence-corrected chi connectivity index (χ4v) is 4.36. The highest BCUT2D eigenvalue weighted by atomic mass is 19.4. The molecule has 0 aliphatic carbocycles. The van der Waals surface area contributed by atoms with E-state index in [0.29, 0.717) is 22.3 Å². The van der Waals surface area contributed by atoms with Gasteiger partial charge in [-0.25, -0.2) is 9.50 Å². The van der Waals surface area contributed by atoms with Crippen molar-refractivity contribution in [3.05, 3.63) is 83.2 Å². The maximum atomic E-state index is 14.0. The first-order chi connectivity index (χ1) is 18.5. The first-order valence-electron chi connectivity index (χ1n) is 12.5. The van der Waals surface area contributed by atoms with Gasteiger partial charge in [0.15, 0.2) is 11.3 Å². The summed E-state index contributed by atoms with van der Waals surface area (Å²) in [6.45, 7) is 9.24. The molecule has 0 bridgehead atoms. The molecule has 1 amide bonds. The number of fused-ring (bicyclic) bond motifs is 1. The molecule has 1 aromatic carbocycles. The highest BCUT2D eigenvalue weighted by Crippen LogP contribution is 2.33. The average Bonchev–Trinajstić information content (AvgIpc) is 3.62. The Morgan fingerprint density at radius 1 is 1.05 bits per heavy atom. The molecule has 39 heavy (non-hydrogen) atoms. The number of alkyl halides is 3. The van der Waals surface area contributed by atoms with Gasteiger partial charge in [-0.05, 0) is 31.4 Å². The molecule has 12 heteroatoms. The fraction of sp³-hybridized carbons (Fsp3) is 0.296. The van der Waals surface area contributed by atoms with Crippen LogP contribution in [0.25, 0.3) is 16.9 Å². The summed E-state index contributed by atoms with van der Waals surface area (Å²) in [4.78, 5) is 17.6. The van der Waals surface area contributed by atoms with E-state index >= 15 is 0 Å². The van der Waals surface area contributed by atoms with E-state index in [2.05, 4.69) is 25.6 Å². The van der Waals surface area contributed by atoms with Gasteiger partial charge >= 0.3 is 6.18 Å². The van der Waals surface area contributed by atoms with Crippen LogP contribution in [0.1, 0.15) is 59.6 Å². The molecule has 0 saturated heterocycles. The van der Waals surface area contributed by atoms with Crippen LogP contribution in [0.2, 0.25) is 0 Å². The summed E-state index contributed by atoms with van der Waals surface area (Å²) in [6.07, 6.45) is 1.27. The number of nitrogens with zero attached hydrogens (tertiary/aromatic N) is 7. The molecule has 0 spiro atoms. The molecule has 0 aliphatic rings. The van der Waals surface area contributed by atoms with E-state index in [1.807, 2.05) is 44.5 Å². The minimum Gasteiger partial charge on any atom is -0.319 e. The Balaban J connectivity index is 1.45. The monoisotopic (exact) mass is 536 g/mol. The summed E-state index contributed by atoms with van der Waals surface area (Å²) < 4.78 is 46.1. The van der Waals surface area contributed by atoms with Crippen LogP contribution in [-0.2, 0) is 19.3 Å². The van der Waals surface area contributed by atoms with Crippen molar-refractivity contribution < 1.29 is 18.0 Å². The van der Waals surface area contributed by atoms with Gasteiger partial charge in [-0.1, -0.05) is 38.1 Å². The Morgan fingerprint density at radius 2 is 1.79 bits per heavy atom. The van der Waals surface area contributed by atoms with Crippen molar-refractivity contribution in [1.29, 1.82) is 0 Å². The quantitative estimate of drug-likeness (QED) is 0.294. The number of amides is 1. The minimum absolute atomic E-state index is 0.0889. The molecular formula is C27H27F3N8O. The molecule has 5 rings (SSSR count). The predicted molar refractivity (Wildman–Crippen MR) is 139 cm³/mol. The SMILES string of the molecule is CCn1ncc(Cn2cc(NC(=O)c3cnn4c(C(F)(F)F)cc(-c5ccc(C(C)C)cc5)nc34)cn2)c1C. The Bertz CT molecular complexity index is 1640. The highest BCUT2D eigenvalue weighted by molar-refractivity contribution is 6.08. The average molecular weight is 537 g/mol. The first kappa shape index (κ1) is 26.1. The number of aromatic nitrogens is 7. The molecule has 5 aromatic rings. The molecule has 4 heterocycles. The molecule has 0 radical (unpaired) electrons. The highest BCUT2D eigenvalue weighted by Gasteiger charge is 2.36. The van der Waals surface area contributed by atoms with Crippen LogP contribution >= 0.6 is 0 Å². The predicted octanol–water partition coefficient (Wildman–Crippen LogP) is 5.56. The molecule has 1 N–H and O–H groups in total. The molecule has 0 atom stereocenters. The molecule has 0 fully saturated rings. The lowest BCUT2D eigenvalue weighted by molar-refractivity contribution is -0.142. The zero-order valence-corrected chi connectivity index (χ0v) is 21.9. The molecule has 202 valence electrons. The summed E-state index contributed by atoms with van der Waals surface area (Å²) in [7, 11) is 0. The topological polar surface area (TPSA) is 94.9 Å². The van der Waals surface area contributed by atoms with Crippen LogP contribution in [0.5, 0.6) is 0 Å². The van der Waals surface area contributed by atoms with Crippen molar-refractivity contribution in [3.63, 3.8) is 0 Å². The van der Waals surface area contributed by atoms with Gasteiger partial charge in [0.25, 0.3) is 5.91 Å². The Morgan fingerprint density at radius 3 is 2.44 bits per heavy atom. The largest absolute Gasteiger partial charge is 0.433 e. The number of hydrogen-bond donors (Lipinski definition) is 1. The fourth-order valence-electron chi connectivity index (χ4n) is 4.36. The van der Waals surface area contributed by atoms with Crippen molar-refractivity contribution in [2.75, 3.05) is 5.32 Å². The second-order valence-corrected chi connectivity index (χ2v) is 9.55. The van der Waals surface area contributed by atoms with Crippen LogP contribution in [0.3, 0.4) is 0 Å². The van der Waals surface area contributed by atoms with Gasteiger partial charge in [-0.3, -0.25) is 14.2 Å². The van der Waals surface area contributed by atoms with Gasteiger partial charge in [-0.2, -0.15) is 28.5 Å². The third-order valence-electron chi connectivity index (χ3n) is 6.61. The van der Waals surface area contributed by atoms with E-state index in [1.54, 1.807) is 29.2 Å². The number of hydrogen-bond acceptors (Lipinski definition) is 5. The number of anilines is 1. The Labute approximate surface area is 222 Å². The Hall–Kier alpha value is -4.48. The van der Waals surface area contributed by atoms with E-state index in [0.717, 1.165) is 35.6 Å². The lowest BCUT2D eigenvalue weighted by Gasteiger charge is -2.12. The van der Waals surface area contributed by atoms with Crippen molar-refractivity contribution >= 4 is 17.2 Å². The van der Waals surface area contributed by atoms with Gasteiger partial charge in [0.2, 0.25) is 0 Å². The maximum Gasteiger partial charge on any atom is 0.433 e. The zero-order chi connectivity index (χ0) is 27.9. The number of carbonyl (C=O) groups is 1. The maximum absolute atomic E-state index is 14.0. The van der Waals surface area contributed by atoms with E-state index in [9.17, 15) is 18.0 Å². The van der Waals surface area contributed by atoms with Gasteiger partial charge in [0, 0.05) is 29.6 Å². The lowest BCUT2D eigenvalue weighted by atomic mass is 10.0. The van der Waals surface area contributed by atoms with Crippen LogP contribution in [0, 0.1) is 6.92 Å². The van der Waals surface area contributed by atoms with Crippen LogP contribution in [0.4, 0.5) is 18.9 Å². The van der Waals surface area contributed by atoms with Crippen LogP contribution < -0.4 is 5.32 Å². The van der Waals surface area contributed by atoms with E-state index in [-0.39, 0.29) is 22.8 Å². The number of carbonyl (C=O) groups excluding carboxylic acids is 1. The van der Waals surface area contributed by atoms with Gasteiger partial charge < -0.3 is 5.32 Å².